The molecule has 0 aliphatic carbocycles. The summed E-state index contributed by atoms with van der Waals surface area (Å²) in [5.41, 5.74) is 3.44. The van der Waals surface area contributed by atoms with Crippen molar-refractivity contribution >= 4 is 34.7 Å². The van der Waals surface area contributed by atoms with Crippen molar-refractivity contribution in [2.75, 3.05) is 11.9 Å². The first-order valence-corrected chi connectivity index (χ1v) is 12.7. The van der Waals surface area contributed by atoms with Crippen LogP contribution in [0.2, 0.25) is 0 Å². The molecule has 2 atom stereocenters. The zero-order valence-corrected chi connectivity index (χ0v) is 21.3. The Balaban J connectivity index is 1.48. The Bertz CT molecular complexity index is 1190. The Morgan fingerprint density at radius 1 is 1.09 bits per heavy atom. The number of nitrogens with one attached hydrogen (secondary N) is 1. The number of benzene rings is 2. The van der Waals surface area contributed by atoms with Crippen molar-refractivity contribution in [2.24, 2.45) is 5.92 Å². The van der Waals surface area contributed by atoms with E-state index in [1.165, 1.54) is 0 Å². The van der Waals surface area contributed by atoms with E-state index < -0.39 is 5.92 Å². The molecule has 1 N–H and O–H groups in total. The fraction of sp³-hybridized carbons (Fsp3) is 0.321. The molecule has 3 amide bonds. The number of carbonyl (C=O) groups excluding carboxylic acids is 3. The van der Waals surface area contributed by atoms with Crippen LogP contribution in [0, 0.1) is 12.8 Å². The van der Waals surface area contributed by atoms with E-state index >= 15 is 0 Å². The summed E-state index contributed by atoms with van der Waals surface area (Å²) < 4.78 is 0. The van der Waals surface area contributed by atoms with Gasteiger partial charge in [0.05, 0.1) is 12.0 Å². The molecule has 1 fully saturated rings. The van der Waals surface area contributed by atoms with E-state index in [1.54, 1.807) is 40.3 Å². The molecule has 6 nitrogen and oxygen atoms in total. The lowest BCUT2D eigenvalue weighted by Gasteiger charge is -2.27. The highest BCUT2D eigenvalue weighted by atomic mass is 32.1. The van der Waals surface area contributed by atoms with Crippen LogP contribution in [0.15, 0.2) is 66.0 Å². The minimum Gasteiger partial charge on any atom is -0.352 e. The maximum absolute atomic E-state index is 13.3. The number of nitrogens with zero attached hydrogens (tertiary/aromatic N) is 2. The van der Waals surface area contributed by atoms with Crippen molar-refractivity contribution in [1.82, 2.24) is 10.2 Å². The van der Waals surface area contributed by atoms with E-state index in [0.717, 1.165) is 21.7 Å². The third-order valence-corrected chi connectivity index (χ3v) is 7.51. The third-order valence-electron chi connectivity index (χ3n) is 6.57. The smallest absolute Gasteiger partial charge is 0.253 e. The number of hydrogen-bond donors (Lipinski definition) is 1. The van der Waals surface area contributed by atoms with Crippen molar-refractivity contribution in [3.8, 4) is 0 Å². The fourth-order valence-electron chi connectivity index (χ4n) is 4.29. The van der Waals surface area contributed by atoms with Crippen LogP contribution in [0.1, 0.15) is 52.7 Å². The minimum absolute atomic E-state index is 0.0324. The van der Waals surface area contributed by atoms with Crippen LogP contribution in [0.5, 0.6) is 0 Å². The van der Waals surface area contributed by atoms with Gasteiger partial charge in [0.1, 0.15) is 0 Å². The molecule has 3 aromatic rings. The summed E-state index contributed by atoms with van der Waals surface area (Å²) in [5, 5.41) is 4.99. The van der Waals surface area contributed by atoms with Gasteiger partial charge in [-0.1, -0.05) is 35.9 Å². The molecule has 35 heavy (non-hydrogen) atoms. The number of amides is 3. The molecule has 0 radical (unpaired) electrons. The summed E-state index contributed by atoms with van der Waals surface area (Å²) in [7, 11) is 1.79. The summed E-state index contributed by atoms with van der Waals surface area (Å²) in [6, 6.07) is 18.8. The van der Waals surface area contributed by atoms with Gasteiger partial charge < -0.3 is 15.1 Å². The lowest BCUT2D eigenvalue weighted by molar-refractivity contribution is -0.126. The average molecular weight is 490 g/mol. The monoisotopic (exact) mass is 489 g/mol. The first-order valence-electron chi connectivity index (χ1n) is 11.8. The van der Waals surface area contributed by atoms with E-state index in [4.69, 9.17) is 0 Å². The van der Waals surface area contributed by atoms with Crippen molar-refractivity contribution in [2.45, 2.75) is 45.8 Å². The number of carbonyl (C=O) groups is 3. The van der Waals surface area contributed by atoms with Gasteiger partial charge in [-0.25, -0.2) is 0 Å². The van der Waals surface area contributed by atoms with Crippen molar-refractivity contribution < 1.29 is 14.4 Å². The molecule has 0 saturated carbocycles. The van der Waals surface area contributed by atoms with Gasteiger partial charge in [-0.15, -0.1) is 11.3 Å². The zero-order chi connectivity index (χ0) is 25.1. The Morgan fingerprint density at radius 3 is 2.37 bits per heavy atom. The van der Waals surface area contributed by atoms with Crippen molar-refractivity contribution in [3.05, 3.63) is 87.6 Å². The lowest BCUT2D eigenvalue weighted by Crippen LogP contribution is -2.35. The van der Waals surface area contributed by atoms with Gasteiger partial charge in [-0.3, -0.25) is 14.4 Å². The number of rotatable bonds is 7. The van der Waals surface area contributed by atoms with Crippen molar-refractivity contribution in [1.29, 1.82) is 0 Å². The van der Waals surface area contributed by atoms with Crippen LogP contribution in [0.4, 0.5) is 5.69 Å². The van der Waals surface area contributed by atoms with Crippen LogP contribution in [-0.2, 0) is 16.1 Å². The molecular formula is C28H31N3O3S. The maximum atomic E-state index is 13.3. The van der Waals surface area contributed by atoms with Gasteiger partial charge in [0.2, 0.25) is 11.8 Å². The standard InChI is InChI=1S/C28H31N3O3S/c1-18(2)30(4)28(34)21-11-9-20(10-12-21)17-29-27(33)23-16-25(32)31(22-13-7-19(3)8-14-22)26(23)24-6-5-15-35-24/h5-15,18,23,26H,16-17H2,1-4H3,(H,29,33). The highest BCUT2D eigenvalue weighted by Gasteiger charge is 2.45. The molecule has 1 saturated heterocycles. The quantitative estimate of drug-likeness (QED) is 0.511. The number of anilines is 1. The summed E-state index contributed by atoms with van der Waals surface area (Å²) in [6.45, 7) is 6.28. The van der Waals surface area contributed by atoms with E-state index in [0.29, 0.717) is 12.1 Å². The molecule has 1 aliphatic heterocycles. The van der Waals surface area contributed by atoms with Crippen LogP contribution >= 0.6 is 11.3 Å². The summed E-state index contributed by atoms with van der Waals surface area (Å²) >= 11 is 1.56. The van der Waals surface area contributed by atoms with E-state index in [9.17, 15) is 14.4 Å². The van der Waals surface area contributed by atoms with Crippen LogP contribution in [-0.4, -0.2) is 35.7 Å². The minimum atomic E-state index is -0.483. The molecule has 0 spiro atoms. The summed E-state index contributed by atoms with van der Waals surface area (Å²) in [6.07, 6.45) is 0.164. The molecule has 1 aliphatic rings. The second-order valence-corrected chi connectivity index (χ2v) is 10.3. The van der Waals surface area contributed by atoms with Gasteiger partial charge in [0, 0.05) is 42.2 Å². The molecule has 0 bridgehead atoms. The lowest BCUT2D eigenvalue weighted by atomic mass is 9.97. The first-order chi connectivity index (χ1) is 16.8. The highest BCUT2D eigenvalue weighted by Crippen LogP contribution is 2.43. The molecule has 2 unspecified atom stereocenters. The largest absolute Gasteiger partial charge is 0.352 e. The molecule has 2 heterocycles. The Hall–Kier alpha value is -3.45. The van der Waals surface area contributed by atoms with E-state index in [-0.39, 0.29) is 36.2 Å². The highest BCUT2D eigenvalue weighted by molar-refractivity contribution is 7.10. The van der Waals surface area contributed by atoms with Gasteiger partial charge in [-0.2, -0.15) is 0 Å². The van der Waals surface area contributed by atoms with Gasteiger partial charge in [0.25, 0.3) is 5.91 Å². The van der Waals surface area contributed by atoms with Gasteiger partial charge in [-0.05, 0) is 62.0 Å². The summed E-state index contributed by atoms with van der Waals surface area (Å²) in [5.74, 6) is -0.714. The number of thiophene rings is 1. The predicted octanol–water partition coefficient (Wildman–Crippen LogP) is 4.95. The number of aryl methyl sites for hydroxylation is 1. The van der Waals surface area contributed by atoms with Gasteiger partial charge in [0.15, 0.2) is 0 Å². The van der Waals surface area contributed by atoms with Crippen LogP contribution in [0.3, 0.4) is 0 Å². The third kappa shape index (κ3) is 5.30. The Morgan fingerprint density at radius 2 is 1.77 bits per heavy atom. The molecule has 2 aromatic carbocycles. The van der Waals surface area contributed by atoms with Gasteiger partial charge >= 0.3 is 0 Å². The fourth-order valence-corrected chi connectivity index (χ4v) is 5.17. The van der Waals surface area contributed by atoms with Crippen LogP contribution in [0.25, 0.3) is 0 Å². The normalized spacial score (nSPS) is 17.6. The maximum Gasteiger partial charge on any atom is 0.253 e. The first kappa shape index (κ1) is 24.7. The molecule has 4 rings (SSSR count). The number of hydrogen-bond acceptors (Lipinski definition) is 4. The van der Waals surface area contributed by atoms with E-state index in [1.807, 2.05) is 74.7 Å². The topological polar surface area (TPSA) is 69.7 Å². The SMILES string of the molecule is Cc1ccc(N2C(=O)CC(C(=O)NCc3ccc(C(=O)N(C)C(C)C)cc3)C2c2cccs2)cc1. The zero-order valence-electron chi connectivity index (χ0n) is 20.5. The average Bonchev–Trinajstić information content (AvgIpc) is 3.50. The second kappa shape index (κ2) is 10.4. The molecule has 1 aromatic heterocycles. The molecule has 7 heteroatoms. The molecule has 182 valence electrons. The Kier molecular flexibility index (Phi) is 7.36. The molecular weight excluding hydrogens is 458 g/mol. The Labute approximate surface area is 210 Å². The predicted molar refractivity (Wildman–Crippen MR) is 139 cm³/mol. The second-order valence-electron chi connectivity index (χ2n) is 9.29. The van der Waals surface area contributed by atoms with Crippen molar-refractivity contribution in [3.63, 3.8) is 0 Å². The summed E-state index contributed by atoms with van der Waals surface area (Å²) in [4.78, 5) is 43.3. The van der Waals surface area contributed by atoms with Crippen LogP contribution < -0.4 is 10.2 Å². The van der Waals surface area contributed by atoms with E-state index in [2.05, 4.69) is 5.32 Å².